The molecular weight excluding hydrogens is 389 g/mol. The van der Waals surface area contributed by atoms with E-state index in [9.17, 15) is 14.3 Å². The smallest absolute Gasteiger partial charge is 0.264 e. The van der Waals surface area contributed by atoms with Crippen LogP contribution < -0.4 is 5.56 Å². The van der Waals surface area contributed by atoms with Crippen molar-refractivity contribution in [2.24, 2.45) is 4.99 Å². The Bertz CT molecular complexity index is 1130. The first kappa shape index (κ1) is 19.0. The first-order chi connectivity index (χ1) is 12.9. The zero-order valence-corrected chi connectivity index (χ0v) is 15.8. The van der Waals surface area contributed by atoms with Gasteiger partial charge in [-0.25, -0.2) is 4.39 Å². The molecule has 5 nitrogen and oxygen atoms in total. The molecule has 138 valence electrons. The molecule has 0 fully saturated rings. The molecule has 0 unspecified atom stereocenters. The first-order valence-corrected chi connectivity index (χ1v) is 8.79. The second kappa shape index (κ2) is 7.85. The van der Waals surface area contributed by atoms with Gasteiger partial charge in [-0.15, -0.1) is 0 Å². The highest BCUT2D eigenvalue weighted by atomic mass is 35.5. The Morgan fingerprint density at radius 3 is 2.67 bits per heavy atom. The van der Waals surface area contributed by atoms with Gasteiger partial charge in [-0.05, 0) is 42.9 Å². The zero-order valence-electron chi connectivity index (χ0n) is 14.2. The maximum absolute atomic E-state index is 13.4. The van der Waals surface area contributed by atoms with Crippen LogP contribution in [0.5, 0.6) is 5.88 Å². The number of aromatic hydroxyl groups is 1. The molecular formula is C19H15ClFN3O2S. The number of aromatic nitrogens is 2. The number of hydrogen-bond acceptors (Lipinski definition) is 4. The normalized spacial score (nSPS) is 12.4. The predicted molar refractivity (Wildman–Crippen MR) is 106 cm³/mol. The number of aliphatic imine (C=N–C) groups is 1. The number of aromatic amines is 1. The van der Waals surface area contributed by atoms with E-state index >= 15 is 0 Å². The average molecular weight is 404 g/mol. The Kier molecular flexibility index (Phi) is 5.53. The van der Waals surface area contributed by atoms with E-state index in [1.165, 1.54) is 22.9 Å². The summed E-state index contributed by atoms with van der Waals surface area (Å²) >= 11 is 10.9. The highest BCUT2D eigenvalue weighted by Crippen LogP contribution is 2.24. The van der Waals surface area contributed by atoms with Gasteiger partial charge in [0, 0.05) is 6.21 Å². The molecule has 0 aliphatic heterocycles. The van der Waals surface area contributed by atoms with Crippen LogP contribution in [0, 0.1) is 10.6 Å². The molecule has 3 aromatic rings. The molecule has 1 atom stereocenters. The maximum Gasteiger partial charge on any atom is 0.264 e. The lowest BCUT2D eigenvalue weighted by Crippen LogP contribution is -2.18. The van der Waals surface area contributed by atoms with Crippen molar-refractivity contribution in [2.75, 3.05) is 0 Å². The van der Waals surface area contributed by atoms with Crippen LogP contribution in [0.4, 0.5) is 4.39 Å². The summed E-state index contributed by atoms with van der Waals surface area (Å²) < 4.78 is 14.6. The third-order valence-electron chi connectivity index (χ3n) is 3.99. The van der Waals surface area contributed by atoms with E-state index in [1.807, 2.05) is 37.3 Å². The van der Waals surface area contributed by atoms with E-state index in [1.54, 1.807) is 0 Å². The first-order valence-electron chi connectivity index (χ1n) is 8.00. The van der Waals surface area contributed by atoms with Crippen LogP contribution in [-0.2, 0) is 0 Å². The standard InChI is InChI=1S/C19H15ClFN3O2S/c1-11(12-5-3-2-4-6-12)22-10-14-17(25)23-19(27)24(18(14)26)13-7-8-16(21)15(20)9-13/h2-11,26H,1H3,(H,23,25,27)/t11-/m0/s1. The Morgan fingerprint density at radius 1 is 1.30 bits per heavy atom. The number of nitrogens with one attached hydrogen (secondary N) is 1. The van der Waals surface area contributed by atoms with Gasteiger partial charge in [-0.1, -0.05) is 41.9 Å². The molecule has 0 radical (unpaired) electrons. The summed E-state index contributed by atoms with van der Waals surface area (Å²) in [6, 6.07) is 13.1. The summed E-state index contributed by atoms with van der Waals surface area (Å²) in [6.07, 6.45) is 1.29. The Morgan fingerprint density at radius 2 is 2.00 bits per heavy atom. The Labute approximate surface area is 164 Å². The predicted octanol–water partition coefficient (Wildman–Crippen LogP) is 4.57. The molecule has 0 aliphatic rings. The van der Waals surface area contributed by atoms with Crippen LogP contribution in [0.15, 0.2) is 58.3 Å². The number of rotatable bonds is 4. The summed E-state index contributed by atoms with van der Waals surface area (Å²) in [6.45, 7) is 1.87. The van der Waals surface area contributed by atoms with Crippen molar-refractivity contribution in [3.05, 3.63) is 85.6 Å². The van der Waals surface area contributed by atoms with E-state index in [0.29, 0.717) is 5.69 Å². The SMILES string of the molecule is C[C@H](N=Cc1c(O)n(-c2ccc(F)c(Cl)c2)c(=S)[nH]c1=O)c1ccccc1. The molecule has 0 saturated heterocycles. The molecule has 1 heterocycles. The van der Waals surface area contributed by atoms with E-state index < -0.39 is 17.3 Å². The molecule has 0 saturated carbocycles. The minimum absolute atomic E-state index is 0.0477. The van der Waals surface area contributed by atoms with Crippen LogP contribution in [-0.4, -0.2) is 20.9 Å². The molecule has 0 spiro atoms. The third-order valence-corrected chi connectivity index (χ3v) is 4.57. The molecule has 27 heavy (non-hydrogen) atoms. The highest BCUT2D eigenvalue weighted by Gasteiger charge is 2.14. The fraction of sp³-hybridized carbons (Fsp3) is 0.105. The van der Waals surface area contributed by atoms with Gasteiger partial charge in [-0.3, -0.25) is 19.3 Å². The number of halogens is 2. The van der Waals surface area contributed by atoms with Gasteiger partial charge in [0.25, 0.3) is 5.56 Å². The molecule has 3 rings (SSSR count). The van der Waals surface area contributed by atoms with Gasteiger partial charge in [-0.2, -0.15) is 0 Å². The van der Waals surface area contributed by atoms with Gasteiger partial charge < -0.3 is 5.11 Å². The van der Waals surface area contributed by atoms with Crippen molar-refractivity contribution in [2.45, 2.75) is 13.0 Å². The molecule has 0 bridgehead atoms. The van der Waals surface area contributed by atoms with Gasteiger partial charge in [0.1, 0.15) is 11.4 Å². The Hall–Kier alpha value is -2.77. The van der Waals surface area contributed by atoms with E-state index in [2.05, 4.69) is 9.98 Å². The third kappa shape index (κ3) is 3.99. The highest BCUT2D eigenvalue weighted by molar-refractivity contribution is 7.71. The number of H-pyrrole nitrogens is 1. The molecule has 8 heteroatoms. The lowest BCUT2D eigenvalue weighted by molar-refractivity contribution is 0.432. The van der Waals surface area contributed by atoms with E-state index in [-0.39, 0.29) is 21.4 Å². The zero-order chi connectivity index (χ0) is 19.6. The number of benzene rings is 2. The fourth-order valence-corrected chi connectivity index (χ4v) is 2.98. The van der Waals surface area contributed by atoms with Gasteiger partial charge in [0.15, 0.2) is 4.77 Å². The van der Waals surface area contributed by atoms with Crippen molar-refractivity contribution in [3.8, 4) is 11.6 Å². The summed E-state index contributed by atoms with van der Waals surface area (Å²) in [5.74, 6) is -1.01. The van der Waals surface area contributed by atoms with Crippen molar-refractivity contribution in [1.29, 1.82) is 0 Å². The molecule has 0 amide bonds. The fourth-order valence-electron chi connectivity index (χ4n) is 2.52. The van der Waals surface area contributed by atoms with E-state index in [4.69, 9.17) is 23.8 Å². The second-order valence-electron chi connectivity index (χ2n) is 5.80. The molecule has 2 N–H and O–H groups in total. The van der Waals surface area contributed by atoms with Crippen molar-refractivity contribution in [3.63, 3.8) is 0 Å². The second-order valence-corrected chi connectivity index (χ2v) is 6.59. The minimum Gasteiger partial charge on any atom is -0.494 e. The quantitative estimate of drug-likeness (QED) is 0.495. The summed E-state index contributed by atoms with van der Waals surface area (Å²) in [5.41, 5.74) is 0.631. The van der Waals surface area contributed by atoms with Gasteiger partial charge in [0.05, 0.1) is 16.8 Å². The summed E-state index contributed by atoms with van der Waals surface area (Å²) in [7, 11) is 0. The maximum atomic E-state index is 13.4. The lowest BCUT2D eigenvalue weighted by Gasteiger charge is -2.12. The van der Waals surface area contributed by atoms with Crippen LogP contribution in [0.25, 0.3) is 5.69 Å². The topological polar surface area (TPSA) is 70.4 Å². The molecule has 0 aliphatic carbocycles. The van der Waals surface area contributed by atoms with Crippen LogP contribution in [0.1, 0.15) is 24.1 Å². The van der Waals surface area contributed by atoms with Crippen molar-refractivity contribution < 1.29 is 9.50 Å². The average Bonchev–Trinajstić information content (AvgIpc) is 2.64. The molecule has 1 aromatic heterocycles. The van der Waals surface area contributed by atoms with Crippen molar-refractivity contribution in [1.82, 2.24) is 9.55 Å². The minimum atomic E-state index is -0.602. The number of nitrogens with zero attached hydrogens (tertiary/aromatic N) is 2. The monoisotopic (exact) mass is 403 g/mol. The van der Waals surface area contributed by atoms with Gasteiger partial charge in [0.2, 0.25) is 5.88 Å². The number of hydrogen-bond donors (Lipinski definition) is 2. The van der Waals surface area contributed by atoms with Crippen molar-refractivity contribution >= 4 is 30.0 Å². The van der Waals surface area contributed by atoms with Crippen LogP contribution in [0.2, 0.25) is 5.02 Å². The largest absolute Gasteiger partial charge is 0.494 e. The summed E-state index contributed by atoms with van der Waals surface area (Å²) in [4.78, 5) is 19.1. The van der Waals surface area contributed by atoms with E-state index in [0.717, 1.165) is 11.6 Å². The Balaban J connectivity index is 2.07. The summed E-state index contributed by atoms with van der Waals surface area (Å²) in [5, 5.41) is 10.5. The van der Waals surface area contributed by atoms with Gasteiger partial charge >= 0.3 is 0 Å². The lowest BCUT2D eigenvalue weighted by atomic mass is 10.1. The van der Waals surface area contributed by atoms with Crippen LogP contribution >= 0.6 is 23.8 Å². The molecule has 2 aromatic carbocycles. The van der Waals surface area contributed by atoms with Crippen LogP contribution in [0.3, 0.4) is 0 Å².